The van der Waals surface area contributed by atoms with Crippen LogP contribution in [-0.2, 0) is 6.54 Å². The van der Waals surface area contributed by atoms with E-state index in [2.05, 4.69) is 20.2 Å². The maximum atomic E-state index is 5.46. The summed E-state index contributed by atoms with van der Waals surface area (Å²) < 4.78 is 5.46. The highest BCUT2D eigenvalue weighted by molar-refractivity contribution is 5.58. The summed E-state index contributed by atoms with van der Waals surface area (Å²) in [5.41, 5.74) is 1.99. The maximum Gasteiger partial charge on any atom is 0.151 e. The molecule has 0 saturated carbocycles. The molecule has 110 valence electrons. The molecule has 1 aliphatic rings. The van der Waals surface area contributed by atoms with Gasteiger partial charge >= 0.3 is 0 Å². The summed E-state index contributed by atoms with van der Waals surface area (Å²) in [6.45, 7) is 6.68. The van der Waals surface area contributed by atoms with Crippen molar-refractivity contribution in [2.75, 3.05) is 26.2 Å². The van der Waals surface area contributed by atoms with Gasteiger partial charge in [0.05, 0.1) is 6.54 Å². The molecule has 2 heterocycles. The first kappa shape index (κ1) is 13.8. The highest BCUT2D eigenvalue weighted by Gasteiger charge is 2.17. The number of piperazine rings is 1. The molecule has 0 amide bonds. The van der Waals surface area contributed by atoms with Crippen LogP contribution in [0.3, 0.4) is 0 Å². The summed E-state index contributed by atoms with van der Waals surface area (Å²) in [6, 6.07) is 12.1. The molecule has 3 rings (SSSR count). The van der Waals surface area contributed by atoms with Crippen molar-refractivity contribution in [3.63, 3.8) is 0 Å². The Hall–Kier alpha value is -2.14. The second-order valence-corrected chi connectivity index (χ2v) is 5.15. The minimum absolute atomic E-state index is 0.809. The fourth-order valence-corrected chi connectivity index (χ4v) is 2.53. The fraction of sp³-hybridized carbons (Fsp3) is 0.375. The van der Waals surface area contributed by atoms with E-state index in [0.29, 0.717) is 0 Å². The SMILES string of the molecule is C/C=N\N1CCN(Cc2cc(-c3ccccc3)no2)CC1. The molecule has 0 radical (unpaired) electrons. The number of nitrogens with zero attached hydrogens (tertiary/aromatic N) is 4. The molecule has 0 atom stereocenters. The predicted molar refractivity (Wildman–Crippen MR) is 83.0 cm³/mol. The standard InChI is InChI=1S/C16H20N4O/c1-2-17-20-10-8-19(9-11-20)13-15-12-16(18-21-15)14-6-4-3-5-7-14/h2-7,12H,8-11,13H2,1H3/b17-2-. The summed E-state index contributed by atoms with van der Waals surface area (Å²) >= 11 is 0. The average Bonchev–Trinajstić information content (AvgIpc) is 2.99. The van der Waals surface area contributed by atoms with Crippen LogP contribution in [-0.4, -0.2) is 47.5 Å². The lowest BCUT2D eigenvalue weighted by Gasteiger charge is -2.32. The van der Waals surface area contributed by atoms with Gasteiger partial charge in [0.15, 0.2) is 5.76 Å². The van der Waals surface area contributed by atoms with Crippen LogP contribution in [0.25, 0.3) is 11.3 Å². The van der Waals surface area contributed by atoms with E-state index in [4.69, 9.17) is 4.52 Å². The molecule has 0 N–H and O–H groups in total. The van der Waals surface area contributed by atoms with E-state index in [9.17, 15) is 0 Å². The number of hydrogen-bond donors (Lipinski definition) is 0. The molecule has 0 unspecified atom stereocenters. The van der Waals surface area contributed by atoms with Crippen molar-refractivity contribution in [3.8, 4) is 11.3 Å². The Labute approximate surface area is 124 Å². The number of benzene rings is 1. The third-order valence-corrected chi connectivity index (χ3v) is 3.64. The second-order valence-electron chi connectivity index (χ2n) is 5.15. The quantitative estimate of drug-likeness (QED) is 0.809. The third kappa shape index (κ3) is 3.49. The fourth-order valence-electron chi connectivity index (χ4n) is 2.53. The molecule has 0 spiro atoms. The van der Waals surface area contributed by atoms with Crippen molar-refractivity contribution < 1.29 is 4.52 Å². The highest BCUT2D eigenvalue weighted by atomic mass is 16.5. The normalized spacial score (nSPS) is 16.7. The van der Waals surface area contributed by atoms with Gasteiger partial charge in [0, 0.05) is 44.0 Å². The van der Waals surface area contributed by atoms with Gasteiger partial charge in [-0.15, -0.1) is 0 Å². The van der Waals surface area contributed by atoms with Crippen molar-refractivity contribution in [2.24, 2.45) is 5.10 Å². The first-order valence-corrected chi connectivity index (χ1v) is 7.32. The van der Waals surface area contributed by atoms with Crippen LogP contribution in [0.5, 0.6) is 0 Å². The van der Waals surface area contributed by atoms with Crippen molar-refractivity contribution >= 4 is 6.21 Å². The van der Waals surface area contributed by atoms with E-state index in [-0.39, 0.29) is 0 Å². The van der Waals surface area contributed by atoms with Crippen molar-refractivity contribution in [1.82, 2.24) is 15.1 Å². The van der Waals surface area contributed by atoms with Gasteiger partial charge in [-0.05, 0) is 6.92 Å². The van der Waals surface area contributed by atoms with Crippen LogP contribution in [0.2, 0.25) is 0 Å². The zero-order valence-electron chi connectivity index (χ0n) is 12.3. The Balaban J connectivity index is 1.58. The van der Waals surface area contributed by atoms with Crippen LogP contribution in [0.1, 0.15) is 12.7 Å². The molecular formula is C16H20N4O. The molecule has 1 fully saturated rings. The lowest BCUT2D eigenvalue weighted by molar-refractivity contribution is 0.122. The summed E-state index contributed by atoms with van der Waals surface area (Å²) in [7, 11) is 0. The Morgan fingerprint density at radius 2 is 1.95 bits per heavy atom. The van der Waals surface area contributed by atoms with E-state index in [1.54, 1.807) is 0 Å². The first-order valence-electron chi connectivity index (χ1n) is 7.32. The van der Waals surface area contributed by atoms with Crippen LogP contribution >= 0.6 is 0 Å². The molecule has 0 aliphatic carbocycles. The maximum absolute atomic E-state index is 5.46. The summed E-state index contributed by atoms with van der Waals surface area (Å²) in [5.74, 6) is 0.918. The zero-order chi connectivity index (χ0) is 14.5. The summed E-state index contributed by atoms with van der Waals surface area (Å²) in [5, 5.41) is 10.6. The van der Waals surface area contributed by atoms with E-state index in [1.165, 1.54) is 0 Å². The third-order valence-electron chi connectivity index (χ3n) is 3.64. The number of hydrazone groups is 1. The van der Waals surface area contributed by atoms with Gasteiger partial charge in [0.1, 0.15) is 5.69 Å². The molecular weight excluding hydrogens is 264 g/mol. The van der Waals surface area contributed by atoms with E-state index < -0.39 is 0 Å². The predicted octanol–water partition coefficient (Wildman–Crippen LogP) is 2.46. The minimum Gasteiger partial charge on any atom is -0.359 e. The Morgan fingerprint density at radius 3 is 2.67 bits per heavy atom. The molecule has 0 bridgehead atoms. The second kappa shape index (κ2) is 6.54. The number of rotatable bonds is 4. The first-order chi connectivity index (χ1) is 10.3. The molecule has 2 aromatic rings. The van der Waals surface area contributed by atoms with Gasteiger partial charge in [-0.1, -0.05) is 35.5 Å². The largest absolute Gasteiger partial charge is 0.359 e. The van der Waals surface area contributed by atoms with Gasteiger partial charge in [0.2, 0.25) is 0 Å². The minimum atomic E-state index is 0.809. The van der Waals surface area contributed by atoms with Crippen molar-refractivity contribution in [1.29, 1.82) is 0 Å². The number of aromatic nitrogens is 1. The Kier molecular flexibility index (Phi) is 4.31. The van der Waals surface area contributed by atoms with Crippen LogP contribution in [0.4, 0.5) is 0 Å². The van der Waals surface area contributed by atoms with Crippen molar-refractivity contribution in [2.45, 2.75) is 13.5 Å². The molecule has 1 aromatic carbocycles. The lowest BCUT2D eigenvalue weighted by atomic mass is 10.1. The molecule has 1 aromatic heterocycles. The highest BCUT2D eigenvalue weighted by Crippen LogP contribution is 2.19. The van der Waals surface area contributed by atoms with Gasteiger partial charge < -0.3 is 4.52 Å². The Morgan fingerprint density at radius 1 is 1.19 bits per heavy atom. The molecule has 5 heteroatoms. The Bertz CT molecular complexity index is 585. The zero-order valence-corrected chi connectivity index (χ0v) is 12.3. The van der Waals surface area contributed by atoms with Gasteiger partial charge in [-0.25, -0.2) is 0 Å². The van der Waals surface area contributed by atoms with E-state index >= 15 is 0 Å². The van der Waals surface area contributed by atoms with E-state index in [1.807, 2.05) is 49.5 Å². The average molecular weight is 284 g/mol. The van der Waals surface area contributed by atoms with Gasteiger partial charge in [0.25, 0.3) is 0 Å². The van der Waals surface area contributed by atoms with E-state index in [0.717, 1.165) is 49.7 Å². The van der Waals surface area contributed by atoms with Crippen LogP contribution < -0.4 is 0 Å². The van der Waals surface area contributed by atoms with Gasteiger partial charge in [-0.2, -0.15) is 5.10 Å². The molecule has 1 saturated heterocycles. The summed E-state index contributed by atoms with van der Waals surface area (Å²) in [6.07, 6.45) is 1.85. The monoisotopic (exact) mass is 284 g/mol. The summed E-state index contributed by atoms with van der Waals surface area (Å²) in [4.78, 5) is 2.37. The molecule has 1 aliphatic heterocycles. The van der Waals surface area contributed by atoms with Gasteiger partial charge in [-0.3, -0.25) is 9.91 Å². The van der Waals surface area contributed by atoms with Crippen LogP contribution in [0.15, 0.2) is 46.0 Å². The lowest BCUT2D eigenvalue weighted by Crippen LogP contribution is -2.43. The molecule has 5 nitrogen and oxygen atoms in total. The number of hydrogen-bond acceptors (Lipinski definition) is 5. The topological polar surface area (TPSA) is 44.9 Å². The van der Waals surface area contributed by atoms with Crippen molar-refractivity contribution in [3.05, 3.63) is 42.2 Å². The van der Waals surface area contributed by atoms with Crippen LogP contribution in [0, 0.1) is 0 Å². The molecule has 21 heavy (non-hydrogen) atoms. The smallest absolute Gasteiger partial charge is 0.151 e.